The van der Waals surface area contributed by atoms with Gasteiger partial charge in [0.15, 0.2) is 5.16 Å². The molecule has 0 radical (unpaired) electrons. The number of benzene rings is 1. The molecule has 0 amide bonds. The van der Waals surface area contributed by atoms with Crippen LogP contribution in [-0.4, -0.2) is 46.4 Å². The molecule has 0 atom stereocenters. The molecule has 2 aliphatic carbocycles. The lowest BCUT2D eigenvalue weighted by atomic mass is 9.95. The van der Waals surface area contributed by atoms with Crippen molar-refractivity contribution in [2.24, 2.45) is 5.92 Å². The predicted molar refractivity (Wildman–Crippen MR) is 123 cm³/mol. The van der Waals surface area contributed by atoms with Crippen molar-refractivity contribution in [3.05, 3.63) is 41.2 Å². The number of aromatic nitrogens is 2. The van der Waals surface area contributed by atoms with Crippen molar-refractivity contribution in [3.63, 3.8) is 0 Å². The number of nitrogens with zero attached hydrogens (tertiary/aromatic N) is 3. The van der Waals surface area contributed by atoms with Gasteiger partial charge in [-0.2, -0.15) is 0 Å². The smallest absolute Gasteiger partial charge is 0.172 e. The number of hydrogen-bond donors (Lipinski definition) is 1. The molecule has 0 unspecified atom stereocenters. The van der Waals surface area contributed by atoms with Gasteiger partial charge in [0.25, 0.3) is 0 Å². The molecule has 29 heavy (non-hydrogen) atoms. The fourth-order valence-electron chi connectivity index (χ4n) is 4.14. The van der Waals surface area contributed by atoms with E-state index in [9.17, 15) is 0 Å². The Morgan fingerprint density at radius 2 is 1.90 bits per heavy atom. The second-order valence-corrected chi connectivity index (χ2v) is 10.1. The van der Waals surface area contributed by atoms with Gasteiger partial charge in [-0.1, -0.05) is 42.6 Å². The molecule has 1 aromatic heterocycles. The summed E-state index contributed by atoms with van der Waals surface area (Å²) in [5.41, 5.74) is 2.37. The van der Waals surface area contributed by atoms with Gasteiger partial charge in [0.05, 0.1) is 11.9 Å². The zero-order chi connectivity index (χ0) is 20.1. The second-order valence-electron chi connectivity index (χ2n) is 8.61. The van der Waals surface area contributed by atoms with E-state index < -0.39 is 0 Å². The summed E-state index contributed by atoms with van der Waals surface area (Å²) >= 11 is 7.99. The Balaban J connectivity index is 1.42. The van der Waals surface area contributed by atoms with Crippen LogP contribution in [0.5, 0.6) is 0 Å². The van der Waals surface area contributed by atoms with E-state index in [1.165, 1.54) is 57.2 Å². The summed E-state index contributed by atoms with van der Waals surface area (Å²) in [5, 5.41) is 5.62. The minimum Gasteiger partial charge on any atom is -0.308 e. The molecule has 2 aliphatic rings. The van der Waals surface area contributed by atoms with Crippen LogP contribution in [0.15, 0.2) is 35.6 Å². The predicted octanol–water partition coefficient (Wildman–Crippen LogP) is 5.38. The third-order valence-corrected chi connectivity index (χ3v) is 7.22. The molecule has 1 aromatic carbocycles. The number of rotatable bonds is 10. The summed E-state index contributed by atoms with van der Waals surface area (Å²) in [7, 11) is 2.24. The van der Waals surface area contributed by atoms with Crippen molar-refractivity contribution in [1.82, 2.24) is 19.8 Å². The zero-order valence-corrected chi connectivity index (χ0v) is 19.0. The van der Waals surface area contributed by atoms with Crippen LogP contribution in [0.3, 0.4) is 0 Å². The average molecular weight is 433 g/mol. The Morgan fingerprint density at radius 3 is 2.62 bits per heavy atom. The first-order chi connectivity index (χ1) is 14.2. The number of imidazole rings is 1. The van der Waals surface area contributed by atoms with E-state index in [0.29, 0.717) is 6.04 Å². The quantitative estimate of drug-likeness (QED) is 0.511. The van der Waals surface area contributed by atoms with Crippen molar-refractivity contribution in [2.75, 3.05) is 25.9 Å². The van der Waals surface area contributed by atoms with Crippen LogP contribution in [0.4, 0.5) is 0 Å². The van der Waals surface area contributed by atoms with E-state index in [-0.39, 0.29) is 0 Å². The van der Waals surface area contributed by atoms with Gasteiger partial charge >= 0.3 is 0 Å². The molecule has 2 aromatic rings. The molecule has 6 heteroatoms. The highest BCUT2D eigenvalue weighted by molar-refractivity contribution is 7.99. The lowest BCUT2D eigenvalue weighted by Gasteiger charge is -2.23. The highest BCUT2D eigenvalue weighted by atomic mass is 35.5. The van der Waals surface area contributed by atoms with Gasteiger partial charge in [-0.3, -0.25) is 4.57 Å². The maximum atomic E-state index is 6.13. The highest BCUT2D eigenvalue weighted by Gasteiger charge is 2.22. The lowest BCUT2D eigenvalue weighted by Crippen LogP contribution is -2.31. The SMILES string of the molecule is CN(CCSc1ncc(CNC2CCCCC2)n1-c1ccc(Cl)cc1)CC1CC1. The molecule has 0 saturated heterocycles. The monoisotopic (exact) mass is 432 g/mol. The van der Waals surface area contributed by atoms with E-state index in [0.717, 1.165) is 40.6 Å². The summed E-state index contributed by atoms with van der Waals surface area (Å²) < 4.78 is 2.30. The standard InChI is InChI=1S/C23H33ClN4S/c1-27(17-18-7-8-18)13-14-29-23-26-16-22(15-25-20-5-3-2-4-6-20)28(23)21-11-9-19(24)10-12-21/h9-12,16,18,20,25H,2-8,13-15,17H2,1H3. The molecular weight excluding hydrogens is 400 g/mol. The molecule has 4 rings (SSSR count). The van der Waals surface area contributed by atoms with E-state index in [4.69, 9.17) is 16.6 Å². The van der Waals surface area contributed by atoms with E-state index in [1.807, 2.05) is 30.1 Å². The molecular formula is C23H33ClN4S. The lowest BCUT2D eigenvalue weighted by molar-refractivity contribution is 0.340. The minimum absolute atomic E-state index is 0.643. The molecule has 1 N–H and O–H groups in total. The summed E-state index contributed by atoms with van der Waals surface area (Å²) in [5.74, 6) is 2.00. The molecule has 2 fully saturated rings. The van der Waals surface area contributed by atoms with Crippen LogP contribution in [0, 0.1) is 5.92 Å². The highest BCUT2D eigenvalue weighted by Crippen LogP contribution is 2.30. The molecule has 158 valence electrons. The van der Waals surface area contributed by atoms with Crippen molar-refractivity contribution in [3.8, 4) is 5.69 Å². The van der Waals surface area contributed by atoms with Crippen LogP contribution in [0.1, 0.15) is 50.6 Å². The van der Waals surface area contributed by atoms with Crippen LogP contribution < -0.4 is 5.32 Å². The largest absolute Gasteiger partial charge is 0.308 e. The molecule has 4 nitrogen and oxygen atoms in total. The number of halogens is 1. The van der Waals surface area contributed by atoms with Crippen LogP contribution in [0.2, 0.25) is 5.02 Å². The van der Waals surface area contributed by atoms with Crippen molar-refractivity contribution in [1.29, 1.82) is 0 Å². The van der Waals surface area contributed by atoms with E-state index >= 15 is 0 Å². The molecule has 0 bridgehead atoms. The second kappa shape index (κ2) is 10.3. The topological polar surface area (TPSA) is 33.1 Å². The van der Waals surface area contributed by atoms with Gasteiger partial charge in [0.1, 0.15) is 0 Å². The fraction of sp³-hybridized carbons (Fsp3) is 0.609. The van der Waals surface area contributed by atoms with Crippen LogP contribution in [-0.2, 0) is 6.54 Å². The van der Waals surface area contributed by atoms with Gasteiger partial charge in [-0.15, -0.1) is 0 Å². The van der Waals surface area contributed by atoms with Crippen molar-refractivity contribution < 1.29 is 0 Å². The van der Waals surface area contributed by atoms with Crippen molar-refractivity contribution >= 4 is 23.4 Å². The third-order valence-electron chi connectivity index (χ3n) is 6.04. The van der Waals surface area contributed by atoms with Crippen LogP contribution >= 0.6 is 23.4 Å². The molecule has 2 saturated carbocycles. The number of nitrogens with one attached hydrogen (secondary N) is 1. The maximum absolute atomic E-state index is 6.13. The summed E-state index contributed by atoms with van der Waals surface area (Å²) in [6.07, 6.45) is 11.5. The summed E-state index contributed by atoms with van der Waals surface area (Å²) in [6.45, 7) is 3.20. The Morgan fingerprint density at radius 1 is 1.14 bits per heavy atom. The fourth-order valence-corrected chi connectivity index (χ4v) is 5.33. The van der Waals surface area contributed by atoms with Gasteiger partial charge in [0, 0.05) is 42.1 Å². The van der Waals surface area contributed by atoms with Crippen molar-refractivity contribution in [2.45, 2.75) is 62.7 Å². The molecule has 0 spiro atoms. The number of hydrogen-bond acceptors (Lipinski definition) is 4. The van der Waals surface area contributed by atoms with Gasteiger partial charge in [-0.05, 0) is 62.9 Å². The first-order valence-electron chi connectivity index (χ1n) is 11.1. The Kier molecular flexibility index (Phi) is 7.57. The molecule has 0 aliphatic heterocycles. The van der Waals surface area contributed by atoms with Gasteiger partial charge in [-0.25, -0.2) is 4.98 Å². The first kappa shape index (κ1) is 21.2. The Bertz CT molecular complexity index is 766. The normalized spacial score (nSPS) is 17.9. The summed E-state index contributed by atoms with van der Waals surface area (Å²) in [6, 6.07) is 8.76. The number of thioether (sulfide) groups is 1. The first-order valence-corrected chi connectivity index (χ1v) is 12.4. The van der Waals surface area contributed by atoms with Gasteiger partial charge in [0.2, 0.25) is 0 Å². The van der Waals surface area contributed by atoms with Crippen LogP contribution in [0.25, 0.3) is 5.69 Å². The Hall–Kier alpha value is -1.01. The van der Waals surface area contributed by atoms with Gasteiger partial charge < -0.3 is 10.2 Å². The van der Waals surface area contributed by atoms with E-state index in [1.54, 1.807) is 0 Å². The summed E-state index contributed by atoms with van der Waals surface area (Å²) in [4.78, 5) is 7.25. The zero-order valence-electron chi connectivity index (χ0n) is 17.4. The maximum Gasteiger partial charge on any atom is 0.172 e. The third kappa shape index (κ3) is 6.24. The minimum atomic E-state index is 0.643. The molecule has 1 heterocycles. The van der Waals surface area contributed by atoms with E-state index in [2.05, 4.69) is 34.0 Å². The Labute approximate surface area is 184 Å². The average Bonchev–Trinajstić information content (AvgIpc) is 3.46.